The van der Waals surface area contributed by atoms with Gasteiger partial charge in [0.25, 0.3) is 0 Å². The molecule has 0 amide bonds. The van der Waals surface area contributed by atoms with Crippen molar-refractivity contribution in [3.05, 3.63) is 0 Å². The van der Waals surface area contributed by atoms with E-state index in [-0.39, 0.29) is 12.8 Å². The van der Waals surface area contributed by atoms with Crippen molar-refractivity contribution < 1.29 is 22.3 Å². The Hall–Kier alpha value is -0.320. The fraction of sp³-hybridized carbons (Fsp3) is 1.00. The number of fused-ring (bicyclic) bond motifs is 2. The van der Waals surface area contributed by atoms with Crippen LogP contribution in [0.15, 0.2) is 0 Å². The minimum atomic E-state index is -3.76. The van der Waals surface area contributed by atoms with Gasteiger partial charge in [0.1, 0.15) is 0 Å². The Labute approximate surface area is 85.8 Å². The van der Waals surface area contributed by atoms with E-state index in [2.05, 4.69) is 4.74 Å². The molecule has 1 aliphatic carbocycles. The maximum atomic E-state index is 13.6. The molecule has 2 bridgehead atoms. The highest BCUT2D eigenvalue weighted by molar-refractivity contribution is 5.09. The zero-order valence-corrected chi connectivity index (χ0v) is 8.91. The number of hydrogen-bond donors (Lipinski definition) is 0. The minimum absolute atomic E-state index is 0.0766. The van der Waals surface area contributed by atoms with Gasteiger partial charge < -0.3 is 0 Å². The van der Waals surface area contributed by atoms with Gasteiger partial charge in [0.2, 0.25) is 0 Å². The summed E-state index contributed by atoms with van der Waals surface area (Å²) in [5.74, 6) is -1.12. The van der Waals surface area contributed by atoms with Gasteiger partial charge in [-0.2, -0.15) is 17.6 Å². The first-order valence-electron chi connectivity index (χ1n) is 5.00. The molecule has 1 aliphatic heterocycles. The molecule has 88 valence electrons. The number of ether oxygens (including phenoxy) is 1. The average molecular weight is 226 g/mol. The zero-order chi connectivity index (χ0) is 11.7. The van der Waals surface area contributed by atoms with E-state index in [0.717, 1.165) is 0 Å². The highest BCUT2D eigenvalue weighted by Gasteiger charge is 2.76. The Bertz CT molecular complexity index is 300. The van der Waals surface area contributed by atoms with E-state index in [1.54, 1.807) is 0 Å². The molecule has 5 heteroatoms. The molecule has 2 fully saturated rings. The molecule has 1 heterocycles. The molecule has 0 aromatic rings. The van der Waals surface area contributed by atoms with Crippen LogP contribution in [0, 0.1) is 16.7 Å². The van der Waals surface area contributed by atoms with E-state index in [0.29, 0.717) is 0 Å². The van der Waals surface area contributed by atoms with E-state index < -0.39 is 29.0 Å². The van der Waals surface area contributed by atoms with Crippen molar-refractivity contribution in [1.82, 2.24) is 0 Å². The second-order valence-corrected chi connectivity index (χ2v) is 5.33. The summed E-state index contributed by atoms with van der Waals surface area (Å²) in [6, 6.07) is 0. The summed E-state index contributed by atoms with van der Waals surface area (Å²) in [4.78, 5) is 0. The van der Waals surface area contributed by atoms with Crippen molar-refractivity contribution in [1.29, 1.82) is 0 Å². The summed E-state index contributed by atoms with van der Waals surface area (Å²) >= 11 is 0. The fourth-order valence-corrected chi connectivity index (χ4v) is 2.96. The van der Waals surface area contributed by atoms with Crippen LogP contribution in [0.2, 0.25) is 0 Å². The lowest BCUT2D eigenvalue weighted by Gasteiger charge is -2.52. The minimum Gasteiger partial charge on any atom is -0.255 e. The van der Waals surface area contributed by atoms with Crippen molar-refractivity contribution in [2.45, 2.75) is 45.8 Å². The summed E-state index contributed by atoms with van der Waals surface area (Å²) in [6.07, 6.45) is -7.31. The predicted octanol–water partition coefficient (Wildman–Crippen LogP) is 3.64. The molecule has 2 atom stereocenters. The van der Waals surface area contributed by atoms with E-state index in [1.807, 2.05) is 0 Å². The van der Waals surface area contributed by atoms with Crippen LogP contribution in [0.3, 0.4) is 0 Å². The lowest BCUT2D eigenvalue weighted by molar-refractivity contribution is -0.465. The smallest absolute Gasteiger partial charge is 0.255 e. The van der Waals surface area contributed by atoms with Crippen molar-refractivity contribution in [2.24, 2.45) is 16.7 Å². The van der Waals surface area contributed by atoms with E-state index in [4.69, 9.17) is 0 Å². The summed E-state index contributed by atoms with van der Waals surface area (Å²) in [5, 5.41) is 0. The first-order chi connectivity index (χ1) is 6.55. The maximum Gasteiger partial charge on any atom is 0.366 e. The first kappa shape index (κ1) is 11.2. The molecule has 0 N–H and O–H groups in total. The Morgan fingerprint density at radius 2 is 1.60 bits per heavy atom. The molecule has 0 spiro atoms. The number of halogens is 4. The number of rotatable bonds is 0. The molecule has 1 saturated carbocycles. The molecule has 1 nitrogen and oxygen atoms in total. The van der Waals surface area contributed by atoms with Crippen LogP contribution < -0.4 is 0 Å². The molecular formula is C10H14F4O. The summed E-state index contributed by atoms with van der Waals surface area (Å²) < 4.78 is 57.6. The molecule has 2 aliphatic rings. The van der Waals surface area contributed by atoms with Crippen LogP contribution in [0.4, 0.5) is 17.6 Å². The molecule has 1 saturated heterocycles. The van der Waals surface area contributed by atoms with Gasteiger partial charge in [-0.05, 0) is 18.3 Å². The molecule has 0 unspecified atom stereocenters. The van der Waals surface area contributed by atoms with Crippen LogP contribution in [0.5, 0.6) is 0 Å². The summed E-state index contributed by atoms with van der Waals surface area (Å²) in [5.41, 5.74) is -2.61. The molecule has 0 aromatic heterocycles. The molecule has 2 rings (SSSR count). The lowest BCUT2D eigenvalue weighted by Crippen LogP contribution is -2.60. The Kier molecular flexibility index (Phi) is 1.86. The standard InChI is InChI=1S/C10H14F4O/c1-7(2)6-4-5-8(7,3)10(13,14)15-9(6,11)12/h6H,4-5H2,1-3H3/t6-,8+/m0/s1. The summed E-state index contributed by atoms with van der Waals surface area (Å²) in [6.45, 7) is 4.30. The molecule has 0 radical (unpaired) electrons. The van der Waals surface area contributed by atoms with Gasteiger partial charge in [-0.3, -0.25) is 4.74 Å². The average Bonchev–Trinajstić information content (AvgIpc) is 2.17. The number of alkyl halides is 4. The van der Waals surface area contributed by atoms with Crippen molar-refractivity contribution in [3.8, 4) is 0 Å². The van der Waals surface area contributed by atoms with Gasteiger partial charge in [0.15, 0.2) is 0 Å². The Balaban J connectivity index is 2.55. The van der Waals surface area contributed by atoms with Crippen molar-refractivity contribution in [3.63, 3.8) is 0 Å². The molecular weight excluding hydrogens is 212 g/mol. The van der Waals surface area contributed by atoms with Crippen LogP contribution in [0.1, 0.15) is 33.6 Å². The van der Waals surface area contributed by atoms with Gasteiger partial charge in [-0.15, -0.1) is 0 Å². The Morgan fingerprint density at radius 3 is 2.13 bits per heavy atom. The fourth-order valence-electron chi connectivity index (χ4n) is 2.96. The van der Waals surface area contributed by atoms with Crippen LogP contribution >= 0.6 is 0 Å². The maximum absolute atomic E-state index is 13.6. The van der Waals surface area contributed by atoms with Crippen molar-refractivity contribution in [2.75, 3.05) is 0 Å². The van der Waals surface area contributed by atoms with Gasteiger partial charge >= 0.3 is 12.2 Å². The van der Waals surface area contributed by atoms with Gasteiger partial charge in [0, 0.05) is 0 Å². The topological polar surface area (TPSA) is 9.23 Å². The quantitative estimate of drug-likeness (QED) is 0.573. The zero-order valence-electron chi connectivity index (χ0n) is 8.91. The second kappa shape index (κ2) is 2.50. The normalized spacial score (nSPS) is 45.4. The highest BCUT2D eigenvalue weighted by Crippen LogP contribution is 2.70. The van der Waals surface area contributed by atoms with Crippen molar-refractivity contribution >= 4 is 0 Å². The van der Waals surface area contributed by atoms with Crippen LogP contribution in [-0.2, 0) is 4.74 Å². The summed E-state index contributed by atoms with van der Waals surface area (Å²) in [7, 11) is 0. The van der Waals surface area contributed by atoms with Gasteiger partial charge in [-0.25, -0.2) is 0 Å². The SMILES string of the molecule is CC1(C)[C@@H]2CC[C@@]1(C)C(F)(F)OC2(F)F. The largest absolute Gasteiger partial charge is 0.366 e. The van der Waals surface area contributed by atoms with E-state index in [1.165, 1.54) is 20.8 Å². The second-order valence-electron chi connectivity index (χ2n) is 5.33. The van der Waals surface area contributed by atoms with Crippen LogP contribution in [-0.4, -0.2) is 12.2 Å². The first-order valence-corrected chi connectivity index (χ1v) is 5.00. The molecule has 15 heavy (non-hydrogen) atoms. The van der Waals surface area contributed by atoms with Gasteiger partial charge in [0.05, 0.1) is 11.3 Å². The van der Waals surface area contributed by atoms with Gasteiger partial charge in [-0.1, -0.05) is 20.8 Å². The monoisotopic (exact) mass is 226 g/mol. The molecule has 0 aromatic carbocycles. The third-order valence-electron chi connectivity index (χ3n) is 4.54. The Morgan fingerprint density at radius 1 is 1.07 bits per heavy atom. The lowest BCUT2D eigenvalue weighted by atomic mass is 9.63. The van der Waals surface area contributed by atoms with E-state index in [9.17, 15) is 17.6 Å². The third kappa shape index (κ3) is 1.07. The van der Waals surface area contributed by atoms with E-state index >= 15 is 0 Å². The predicted molar refractivity (Wildman–Crippen MR) is 45.6 cm³/mol. The highest BCUT2D eigenvalue weighted by atomic mass is 19.3. The number of hydrogen-bond acceptors (Lipinski definition) is 1. The van der Waals surface area contributed by atoms with Crippen LogP contribution in [0.25, 0.3) is 0 Å². The third-order valence-corrected chi connectivity index (χ3v) is 4.54.